The molecule has 3 fully saturated rings. The number of nitrogens with zero attached hydrogens (tertiary/aromatic N) is 1. The second-order valence-corrected chi connectivity index (χ2v) is 8.47. The minimum atomic E-state index is -0.471. The van der Waals surface area contributed by atoms with E-state index in [1.807, 2.05) is 0 Å². The van der Waals surface area contributed by atoms with Crippen molar-refractivity contribution in [1.29, 1.82) is 0 Å². The summed E-state index contributed by atoms with van der Waals surface area (Å²) in [5.74, 6) is 1.77. The van der Waals surface area contributed by atoms with E-state index in [-0.39, 0.29) is 12.1 Å². The van der Waals surface area contributed by atoms with Gasteiger partial charge >= 0.3 is 5.97 Å². The van der Waals surface area contributed by atoms with Crippen molar-refractivity contribution in [2.24, 2.45) is 17.8 Å². The van der Waals surface area contributed by atoms with Gasteiger partial charge in [0.25, 0.3) is 0 Å². The van der Waals surface area contributed by atoms with Gasteiger partial charge in [0.2, 0.25) is 0 Å². The molecule has 7 heteroatoms. The summed E-state index contributed by atoms with van der Waals surface area (Å²) in [5, 5.41) is 10.6. The first-order valence-corrected chi connectivity index (χ1v) is 10.5. The highest BCUT2D eigenvalue weighted by atomic mass is 16.5. The van der Waals surface area contributed by atoms with Crippen LogP contribution in [-0.4, -0.2) is 81.4 Å². The molecule has 160 valence electrons. The molecule has 0 unspecified atom stereocenters. The molecule has 1 N–H and O–H groups in total. The van der Waals surface area contributed by atoms with Crippen molar-refractivity contribution in [3.05, 3.63) is 29.8 Å². The Hall–Kier alpha value is -1.67. The Labute approximate surface area is 171 Å². The monoisotopic (exact) mass is 405 g/mol. The minimum absolute atomic E-state index is 0.218. The minimum Gasteiger partial charge on any atom is -0.488 e. The predicted octanol–water partition coefficient (Wildman–Crippen LogP) is 1.59. The van der Waals surface area contributed by atoms with E-state index in [0.717, 1.165) is 45.7 Å². The van der Waals surface area contributed by atoms with Gasteiger partial charge in [0.1, 0.15) is 11.9 Å². The zero-order valence-electron chi connectivity index (χ0n) is 17.0. The average molecular weight is 405 g/mol. The summed E-state index contributed by atoms with van der Waals surface area (Å²) < 4.78 is 22.1. The number of carbonyl (C=O) groups excluding carboxylic acids is 1. The normalized spacial score (nSPS) is 31.1. The molecule has 2 saturated heterocycles. The largest absolute Gasteiger partial charge is 0.488 e. The van der Waals surface area contributed by atoms with Gasteiger partial charge in [-0.3, -0.25) is 0 Å². The highest BCUT2D eigenvalue weighted by Crippen LogP contribution is 2.38. The molecule has 0 aromatic heterocycles. The van der Waals surface area contributed by atoms with Crippen molar-refractivity contribution in [2.75, 3.05) is 53.2 Å². The van der Waals surface area contributed by atoms with E-state index < -0.39 is 6.10 Å². The van der Waals surface area contributed by atoms with Gasteiger partial charge in [-0.15, -0.1) is 0 Å². The summed E-state index contributed by atoms with van der Waals surface area (Å²) >= 11 is 0. The SMILES string of the molecule is COC(=O)c1ccc(O[C@@H]2C[C@@H]3CN(CC4COCCOC4)C[C@@H]3C[C@H]2O)cc1. The van der Waals surface area contributed by atoms with E-state index in [1.54, 1.807) is 24.3 Å². The highest BCUT2D eigenvalue weighted by molar-refractivity contribution is 5.89. The van der Waals surface area contributed by atoms with Crippen LogP contribution in [0.2, 0.25) is 0 Å². The van der Waals surface area contributed by atoms with Gasteiger partial charge in [-0.05, 0) is 48.9 Å². The van der Waals surface area contributed by atoms with Crippen LogP contribution in [0.4, 0.5) is 0 Å². The lowest BCUT2D eigenvalue weighted by Crippen LogP contribution is -2.42. The molecule has 7 nitrogen and oxygen atoms in total. The fraction of sp³-hybridized carbons (Fsp3) is 0.682. The fourth-order valence-corrected chi connectivity index (χ4v) is 4.86. The summed E-state index contributed by atoms with van der Waals surface area (Å²) in [6.07, 6.45) is 0.924. The highest BCUT2D eigenvalue weighted by Gasteiger charge is 2.43. The van der Waals surface area contributed by atoms with E-state index in [4.69, 9.17) is 18.9 Å². The smallest absolute Gasteiger partial charge is 0.337 e. The van der Waals surface area contributed by atoms with Crippen LogP contribution in [0.15, 0.2) is 24.3 Å². The molecule has 1 aromatic rings. The molecule has 29 heavy (non-hydrogen) atoms. The number of hydrogen-bond donors (Lipinski definition) is 1. The summed E-state index contributed by atoms with van der Waals surface area (Å²) in [6, 6.07) is 6.90. The Kier molecular flexibility index (Phi) is 6.70. The third-order valence-electron chi connectivity index (χ3n) is 6.32. The van der Waals surface area contributed by atoms with Gasteiger partial charge in [-0.25, -0.2) is 4.79 Å². The maximum atomic E-state index is 11.6. The number of methoxy groups -OCH3 is 1. The number of aliphatic hydroxyl groups is 1. The molecule has 0 bridgehead atoms. The number of hydrogen-bond acceptors (Lipinski definition) is 7. The quantitative estimate of drug-likeness (QED) is 0.746. The van der Waals surface area contributed by atoms with Crippen molar-refractivity contribution in [3.8, 4) is 5.75 Å². The molecular formula is C22H31NO6. The van der Waals surface area contributed by atoms with Crippen molar-refractivity contribution >= 4 is 5.97 Å². The Morgan fingerprint density at radius 2 is 1.76 bits per heavy atom. The lowest BCUT2D eigenvalue weighted by atomic mass is 9.78. The van der Waals surface area contributed by atoms with Crippen LogP contribution in [0.25, 0.3) is 0 Å². The molecule has 2 heterocycles. The average Bonchev–Trinajstić information content (AvgIpc) is 2.93. The second-order valence-electron chi connectivity index (χ2n) is 8.47. The lowest BCUT2D eigenvalue weighted by molar-refractivity contribution is -0.0231. The number of rotatable bonds is 5. The molecule has 4 rings (SSSR count). The molecule has 1 saturated carbocycles. The number of aliphatic hydroxyl groups excluding tert-OH is 1. The second kappa shape index (κ2) is 9.43. The Morgan fingerprint density at radius 3 is 2.41 bits per heavy atom. The lowest BCUT2D eigenvalue weighted by Gasteiger charge is -2.35. The van der Waals surface area contributed by atoms with Crippen LogP contribution < -0.4 is 4.74 Å². The van der Waals surface area contributed by atoms with Crippen LogP contribution >= 0.6 is 0 Å². The van der Waals surface area contributed by atoms with Crippen LogP contribution in [0.3, 0.4) is 0 Å². The zero-order chi connectivity index (χ0) is 20.2. The number of carbonyl (C=O) groups is 1. The van der Waals surface area contributed by atoms with E-state index in [0.29, 0.717) is 42.3 Å². The number of esters is 1. The van der Waals surface area contributed by atoms with Gasteiger partial charge in [0.05, 0.1) is 45.2 Å². The molecular weight excluding hydrogens is 374 g/mol. The Balaban J connectivity index is 1.31. The van der Waals surface area contributed by atoms with Gasteiger partial charge in [-0.1, -0.05) is 0 Å². The van der Waals surface area contributed by atoms with Crippen molar-refractivity contribution in [3.63, 3.8) is 0 Å². The van der Waals surface area contributed by atoms with Crippen LogP contribution in [0.5, 0.6) is 5.75 Å². The van der Waals surface area contributed by atoms with Crippen LogP contribution in [-0.2, 0) is 14.2 Å². The molecule has 1 aromatic carbocycles. The van der Waals surface area contributed by atoms with Gasteiger partial charge in [-0.2, -0.15) is 0 Å². The predicted molar refractivity (Wildman–Crippen MR) is 106 cm³/mol. The van der Waals surface area contributed by atoms with Gasteiger partial charge in [0.15, 0.2) is 0 Å². The van der Waals surface area contributed by atoms with E-state index in [9.17, 15) is 9.90 Å². The Morgan fingerprint density at radius 1 is 1.10 bits per heavy atom. The summed E-state index contributed by atoms with van der Waals surface area (Å²) in [4.78, 5) is 14.1. The molecule has 1 aliphatic carbocycles. The third kappa shape index (κ3) is 5.09. The molecule has 0 amide bonds. The number of likely N-dealkylation sites (tertiary alicyclic amines) is 1. The standard InChI is InChI=1S/C22H31NO6/c1-26-22(25)16-2-4-19(5-3-16)29-21-9-18-12-23(11-17(18)8-20(21)24)10-15-13-27-6-7-28-14-15/h2-5,15,17-18,20-21,24H,6-14H2,1H3/t17-,18+,20+,21+/m0/s1. The summed E-state index contributed by atoms with van der Waals surface area (Å²) in [7, 11) is 1.36. The first-order chi connectivity index (χ1) is 14.1. The molecule has 0 radical (unpaired) electrons. The number of ether oxygens (including phenoxy) is 4. The molecule has 2 aliphatic heterocycles. The molecule has 3 aliphatic rings. The van der Waals surface area contributed by atoms with Crippen molar-refractivity contribution in [1.82, 2.24) is 4.90 Å². The van der Waals surface area contributed by atoms with E-state index in [2.05, 4.69) is 4.90 Å². The summed E-state index contributed by atoms with van der Waals surface area (Å²) in [5.41, 5.74) is 0.488. The molecule has 0 spiro atoms. The Bertz CT molecular complexity index is 672. The third-order valence-corrected chi connectivity index (χ3v) is 6.32. The van der Waals surface area contributed by atoms with E-state index >= 15 is 0 Å². The van der Waals surface area contributed by atoms with Gasteiger partial charge < -0.3 is 29.0 Å². The van der Waals surface area contributed by atoms with Gasteiger partial charge in [0, 0.05) is 25.6 Å². The number of fused-ring (bicyclic) bond motifs is 1. The maximum absolute atomic E-state index is 11.6. The van der Waals surface area contributed by atoms with Crippen LogP contribution in [0, 0.1) is 17.8 Å². The topological polar surface area (TPSA) is 77.5 Å². The first kappa shape index (κ1) is 20.6. The van der Waals surface area contributed by atoms with E-state index in [1.165, 1.54) is 7.11 Å². The van der Waals surface area contributed by atoms with Crippen molar-refractivity contribution < 1.29 is 28.8 Å². The fourth-order valence-electron chi connectivity index (χ4n) is 4.86. The summed E-state index contributed by atoms with van der Waals surface area (Å²) in [6.45, 7) is 5.96. The maximum Gasteiger partial charge on any atom is 0.337 e. The zero-order valence-corrected chi connectivity index (χ0v) is 17.0. The molecule has 4 atom stereocenters. The number of benzene rings is 1. The van der Waals surface area contributed by atoms with Crippen LogP contribution in [0.1, 0.15) is 23.2 Å². The van der Waals surface area contributed by atoms with Crippen molar-refractivity contribution in [2.45, 2.75) is 25.0 Å². The first-order valence-electron chi connectivity index (χ1n) is 10.5.